The Balaban J connectivity index is 2.02. The van der Waals surface area contributed by atoms with Gasteiger partial charge in [-0.3, -0.25) is 9.59 Å². The van der Waals surface area contributed by atoms with Crippen LogP contribution in [-0.4, -0.2) is 53.1 Å². The number of hydrogen-bond acceptors (Lipinski definition) is 5. The number of amides is 2. The van der Waals surface area contributed by atoms with Gasteiger partial charge in [0.2, 0.25) is 5.60 Å². The van der Waals surface area contributed by atoms with Crippen LogP contribution in [0.5, 0.6) is 5.75 Å². The number of hydrogen-bond donors (Lipinski definition) is 2. The largest absolute Gasteiger partial charge is 0.497 e. The zero-order chi connectivity index (χ0) is 20.5. The molecular weight excluding hydrogens is 365 g/mol. The number of aromatic nitrogens is 1. The third kappa shape index (κ3) is 3.66. The smallest absolute Gasteiger partial charge is 0.267 e. The second kappa shape index (κ2) is 7.29. The molecule has 7 nitrogen and oxygen atoms in total. The van der Waals surface area contributed by atoms with Crippen LogP contribution in [0.1, 0.15) is 22.5 Å². The summed E-state index contributed by atoms with van der Waals surface area (Å²) in [6.45, 7) is 0.405. The zero-order valence-corrected chi connectivity index (χ0v) is 15.3. The maximum atomic E-state index is 14.4. The number of methoxy groups -OCH3 is 1. The van der Waals surface area contributed by atoms with E-state index in [0.717, 1.165) is 0 Å². The Morgan fingerprint density at radius 1 is 1.39 bits per heavy atom. The molecule has 28 heavy (non-hydrogen) atoms. The highest BCUT2D eigenvalue weighted by molar-refractivity contribution is 5.92. The van der Waals surface area contributed by atoms with Crippen LogP contribution in [0.2, 0.25) is 0 Å². The Bertz CT molecular complexity index is 1030. The van der Waals surface area contributed by atoms with Crippen molar-refractivity contribution in [2.45, 2.75) is 12.0 Å². The molecule has 0 bridgehead atoms. The van der Waals surface area contributed by atoms with Crippen LogP contribution >= 0.6 is 0 Å². The van der Waals surface area contributed by atoms with Crippen LogP contribution in [0.3, 0.4) is 0 Å². The summed E-state index contributed by atoms with van der Waals surface area (Å²) < 4.78 is 19.5. The number of rotatable bonds is 3. The number of nitrogens with two attached hydrogens (primary N) is 1. The predicted octanol–water partition coefficient (Wildman–Crippen LogP) is 0.940. The fourth-order valence-electron chi connectivity index (χ4n) is 2.83. The molecule has 0 unspecified atom stereocenters. The summed E-state index contributed by atoms with van der Waals surface area (Å²) in [6.07, 6.45) is 0.197. The lowest BCUT2D eigenvalue weighted by molar-refractivity contribution is -0.137. The van der Waals surface area contributed by atoms with Gasteiger partial charge in [-0.15, -0.1) is 0 Å². The van der Waals surface area contributed by atoms with Gasteiger partial charge >= 0.3 is 0 Å². The van der Waals surface area contributed by atoms with E-state index in [1.165, 1.54) is 42.3 Å². The van der Waals surface area contributed by atoms with Crippen molar-refractivity contribution in [2.24, 2.45) is 5.73 Å². The SMILES string of the molecule is COc1cc(C(N)=O)nc(-c2cc(C#C[C@]3(O)CCN(C)C3=O)ccc2F)c1. The summed E-state index contributed by atoms with van der Waals surface area (Å²) >= 11 is 0. The fraction of sp³-hybridized carbons (Fsp3) is 0.250. The number of likely N-dealkylation sites (tertiary alicyclic amines) is 1. The van der Waals surface area contributed by atoms with E-state index in [-0.39, 0.29) is 23.4 Å². The van der Waals surface area contributed by atoms with Gasteiger partial charge in [0.1, 0.15) is 17.3 Å². The van der Waals surface area contributed by atoms with Crippen LogP contribution in [0.25, 0.3) is 11.3 Å². The Kier molecular flexibility index (Phi) is 5.03. The summed E-state index contributed by atoms with van der Waals surface area (Å²) in [5.41, 5.74) is 4.04. The average molecular weight is 383 g/mol. The first kappa shape index (κ1) is 19.3. The highest BCUT2D eigenvalue weighted by atomic mass is 19.1. The van der Waals surface area contributed by atoms with E-state index in [0.29, 0.717) is 17.9 Å². The van der Waals surface area contributed by atoms with Crippen molar-refractivity contribution in [2.75, 3.05) is 20.7 Å². The molecule has 0 radical (unpaired) electrons. The summed E-state index contributed by atoms with van der Waals surface area (Å²) in [5, 5.41) is 10.4. The van der Waals surface area contributed by atoms with Gasteiger partial charge in [0, 0.05) is 43.3 Å². The van der Waals surface area contributed by atoms with Crippen LogP contribution < -0.4 is 10.5 Å². The van der Waals surface area contributed by atoms with Crippen molar-refractivity contribution < 1.29 is 23.8 Å². The molecule has 8 heteroatoms. The van der Waals surface area contributed by atoms with E-state index >= 15 is 0 Å². The topological polar surface area (TPSA) is 106 Å². The zero-order valence-electron chi connectivity index (χ0n) is 15.3. The van der Waals surface area contributed by atoms with Crippen molar-refractivity contribution in [3.05, 3.63) is 47.4 Å². The minimum Gasteiger partial charge on any atom is -0.497 e. The molecule has 3 rings (SSSR count). The molecule has 1 atom stereocenters. The molecule has 2 aromatic rings. The van der Waals surface area contributed by atoms with Crippen molar-refractivity contribution >= 4 is 11.8 Å². The molecule has 0 saturated carbocycles. The summed E-state index contributed by atoms with van der Waals surface area (Å²) in [4.78, 5) is 29.0. The molecule has 1 fully saturated rings. The maximum absolute atomic E-state index is 14.4. The van der Waals surface area contributed by atoms with Gasteiger partial charge in [-0.05, 0) is 18.2 Å². The third-order valence-electron chi connectivity index (χ3n) is 4.45. The van der Waals surface area contributed by atoms with Crippen LogP contribution in [0.15, 0.2) is 30.3 Å². The fourth-order valence-corrected chi connectivity index (χ4v) is 2.83. The molecule has 1 aromatic carbocycles. The van der Waals surface area contributed by atoms with E-state index in [2.05, 4.69) is 16.8 Å². The van der Waals surface area contributed by atoms with Gasteiger partial charge < -0.3 is 20.5 Å². The lowest BCUT2D eigenvalue weighted by Gasteiger charge is -2.13. The minimum atomic E-state index is -1.75. The number of benzene rings is 1. The molecule has 2 amide bonds. The molecule has 144 valence electrons. The average Bonchev–Trinajstić information content (AvgIpc) is 2.94. The normalized spacial score (nSPS) is 18.6. The van der Waals surface area contributed by atoms with Crippen LogP contribution in [0, 0.1) is 17.7 Å². The molecule has 1 saturated heterocycles. The van der Waals surface area contributed by atoms with E-state index in [9.17, 15) is 19.1 Å². The van der Waals surface area contributed by atoms with Gasteiger partial charge in [0.05, 0.1) is 12.8 Å². The Morgan fingerprint density at radius 3 is 2.75 bits per heavy atom. The molecule has 1 aliphatic heterocycles. The van der Waals surface area contributed by atoms with Gasteiger partial charge in [-0.1, -0.05) is 11.8 Å². The summed E-state index contributed by atoms with van der Waals surface area (Å²) in [6, 6.07) is 6.85. The molecule has 0 spiro atoms. The Labute approximate surface area is 160 Å². The van der Waals surface area contributed by atoms with E-state index in [4.69, 9.17) is 10.5 Å². The molecule has 3 N–H and O–H groups in total. The minimum absolute atomic E-state index is 0.0702. The predicted molar refractivity (Wildman–Crippen MR) is 98.8 cm³/mol. The number of ether oxygens (including phenoxy) is 1. The number of halogens is 1. The molecule has 0 aliphatic carbocycles. The number of primary amides is 1. The Morgan fingerprint density at radius 2 is 2.14 bits per heavy atom. The first-order valence-corrected chi connectivity index (χ1v) is 8.40. The molecule has 2 heterocycles. The van der Waals surface area contributed by atoms with Crippen LogP contribution in [-0.2, 0) is 4.79 Å². The van der Waals surface area contributed by atoms with Gasteiger partial charge in [-0.2, -0.15) is 0 Å². The number of likely N-dealkylation sites (N-methyl/N-ethyl adjacent to an activating group) is 1. The second-order valence-electron chi connectivity index (χ2n) is 6.42. The molecular formula is C20H18FN3O4. The van der Waals surface area contributed by atoms with Crippen molar-refractivity contribution in [3.8, 4) is 28.8 Å². The lowest BCUT2D eigenvalue weighted by Crippen LogP contribution is -2.37. The number of carbonyl (C=O) groups excluding carboxylic acids is 2. The monoisotopic (exact) mass is 383 g/mol. The first-order chi connectivity index (χ1) is 13.2. The third-order valence-corrected chi connectivity index (χ3v) is 4.45. The second-order valence-corrected chi connectivity index (χ2v) is 6.42. The van der Waals surface area contributed by atoms with E-state index in [1.807, 2.05) is 0 Å². The number of nitrogens with zero attached hydrogens (tertiary/aromatic N) is 2. The van der Waals surface area contributed by atoms with Gasteiger partial charge in [0.15, 0.2) is 0 Å². The highest BCUT2D eigenvalue weighted by Gasteiger charge is 2.42. The van der Waals surface area contributed by atoms with Gasteiger partial charge in [-0.25, -0.2) is 9.37 Å². The van der Waals surface area contributed by atoms with Gasteiger partial charge in [0.25, 0.3) is 11.8 Å². The maximum Gasteiger partial charge on any atom is 0.267 e. The van der Waals surface area contributed by atoms with E-state index in [1.54, 1.807) is 7.05 Å². The quantitative estimate of drug-likeness (QED) is 0.768. The summed E-state index contributed by atoms with van der Waals surface area (Å²) in [7, 11) is 2.99. The van der Waals surface area contributed by atoms with Crippen molar-refractivity contribution in [3.63, 3.8) is 0 Å². The van der Waals surface area contributed by atoms with Crippen LogP contribution in [0.4, 0.5) is 4.39 Å². The number of carbonyl (C=O) groups is 2. The number of aliphatic hydroxyl groups is 1. The van der Waals surface area contributed by atoms with E-state index < -0.39 is 23.2 Å². The molecule has 1 aliphatic rings. The molecule has 1 aromatic heterocycles. The Hall–Kier alpha value is -3.44. The van der Waals surface area contributed by atoms with Crippen molar-refractivity contribution in [1.82, 2.24) is 9.88 Å². The first-order valence-electron chi connectivity index (χ1n) is 8.40. The lowest BCUT2D eigenvalue weighted by atomic mass is 10.0. The highest BCUT2D eigenvalue weighted by Crippen LogP contribution is 2.27. The number of pyridine rings is 1. The van der Waals surface area contributed by atoms with Crippen molar-refractivity contribution in [1.29, 1.82) is 0 Å². The standard InChI is InChI=1S/C20H18FN3O4/c1-24-8-7-20(27,19(24)26)6-5-12-3-4-15(21)14(9-12)16-10-13(28-2)11-17(23-16)18(22)25/h3-4,9-11,27H,7-8H2,1-2H3,(H2,22,25)/t20-/m0/s1. The summed E-state index contributed by atoms with van der Waals surface area (Å²) in [5.74, 6) is 3.76.